The zero-order valence-corrected chi connectivity index (χ0v) is 11.5. The molecular formula is C15H13F4NO2. The lowest BCUT2D eigenvalue weighted by Crippen LogP contribution is -2.17. The first kappa shape index (κ1) is 16.1. The van der Waals surface area contributed by atoms with Crippen molar-refractivity contribution >= 4 is 0 Å². The number of benzene rings is 2. The van der Waals surface area contributed by atoms with Gasteiger partial charge in [-0.1, -0.05) is 24.3 Å². The van der Waals surface area contributed by atoms with Crippen molar-refractivity contribution < 1.29 is 27.0 Å². The van der Waals surface area contributed by atoms with Crippen LogP contribution in [0.25, 0.3) is 0 Å². The van der Waals surface area contributed by atoms with Gasteiger partial charge in [0.25, 0.3) is 0 Å². The summed E-state index contributed by atoms with van der Waals surface area (Å²) < 4.78 is 58.7. The minimum absolute atomic E-state index is 0.00520. The summed E-state index contributed by atoms with van der Waals surface area (Å²) in [5, 5.41) is 0. The van der Waals surface area contributed by atoms with Gasteiger partial charge in [0.05, 0.1) is 13.2 Å². The van der Waals surface area contributed by atoms with Gasteiger partial charge in [-0.3, -0.25) is 0 Å². The lowest BCUT2D eigenvalue weighted by atomic mass is 9.98. The van der Waals surface area contributed by atoms with Crippen LogP contribution in [0.5, 0.6) is 11.5 Å². The Hall–Kier alpha value is -2.28. The number of nitrogens with two attached hydrogens (primary N) is 1. The topological polar surface area (TPSA) is 44.5 Å². The standard InChI is InChI=1S/C15H13F4NO2/c1-21-14-11(3-2-4-12(14)16)13(20)9-5-7-10(8-6-9)22-15(17,18)19/h2-8,13H,20H2,1H3/t13-/m0/s1. The summed E-state index contributed by atoms with van der Waals surface area (Å²) >= 11 is 0. The van der Waals surface area contributed by atoms with Gasteiger partial charge in [-0.2, -0.15) is 0 Å². The van der Waals surface area contributed by atoms with Gasteiger partial charge < -0.3 is 15.2 Å². The van der Waals surface area contributed by atoms with Crippen molar-refractivity contribution in [2.24, 2.45) is 5.73 Å². The van der Waals surface area contributed by atoms with Crippen LogP contribution in [0, 0.1) is 5.82 Å². The van der Waals surface area contributed by atoms with Gasteiger partial charge in [-0.15, -0.1) is 13.2 Å². The Morgan fingerprint density at radius 1 is 1.05 bits per heavy atom. The number of ether oxygens (including phenoxy) is 2. The fourth-order valence-electron chi connectivity index (χ4n) is 2.04. The molecule has 0 radical (unpaired) electrons. The summed E-state index contributed by atoms with van der Waals surface area (Å²) in [6.45, 7) is 0. The van der Waals surface area contributed by atoms with Gasteiger partial charge in [0, 0.05) is 5.56 Å². The van der Waals surface area contributed by atoms with Crippen LogP contribution in [0.2, 0.25) is 0 Å². The number of alkyl halides is 3. The highest BCUT2D eigenvalue weighted by molar-refractivity contribution is 5.43. The highest BCUT2D eigenvalue weighted by atomic mass is 19.4. The van der Waals surface area contributed by atoms with E-state index < -0.39 is 18.2 Å². The SMILES string of the molecule is COc1c(F)cccc1[C@@H](N)c1ccc(OC(F)(F)F)cc1. The second-order valence-corrected chi connectivity index (χ2v) is 4.46. The average molecular weight is 315 g/mol. The maximum absolute atomic E-state index is 13.7. The molecule has 1 atom stereocenters. The highest BCUT2D eigenvalue weighted by Crippen LogP contribution is 2.31. The molecule has 2 N–H and O–H groups in total. The van der Waals surface area contributed by atoms with E-state index in [1.807, 2.05) is 0 Å². The van der Waals surface area contributed by atoms with E-state index in [9.17, 15) is 17.6 Å². The Kier molecular flexibility index (Phi) is 4.56. The van der Waals surface area contributed by atoms with Crippen molar-refractivity contribution in [2.45, 2.75) is 12.4 Å². The van der Waals surface area contributed by atoms with Crippen molar-refractivity contribution in [1.82, 2.24) is 0 Å². The van der Waals surface area contributed by atoms with Crippen molar-refractivity contribution in [1.29, 1.82) is 0 Å². The molecule has 22 heavy (non-hydrogen) atoms. The molecule has 3 nitrogen and oxygen atoms in total. The summed E-state index contributed by atoms with van der Waals surface area (Å²) in [6, 6.07) is 8.62. The van der Waals surface area contributed by atoms with E-state index in [-0.39, 0.29) is 11.5 Å². The Morgan fingerprint density at radius 3 is 2.23 bits per heavy atom. The summed E-state index contributed by atoms with van der Waals surface area (Å²) in [4.78, 5) is 0. The van der Waals surface area contributed by atoms with Crippen LogP contribution >= 0.6 is 0 Å². The molecule has 0 aromatic heterocycles. The molecule has 2 aromatic rings. The van der Waals surface area contributed by atoms with Crippen LogP contribution in [0.3, 0.4) is 0 Å². The summed E-state index contributed by atoms with van der Waals surface area (Å²) in [7, 11) is 1.31. The van der Waals surface area contributed by atoms with Gasteiger partial charge >= 0.3 is 6.36 Å². The molecule has 0 spiro atoms. The smallest absolute Gasteiger partial charge is 0.493 e. The molecule has 0 fully saturated rings. The fraction of sp³-hybridized carbons (Fsp3) is 0.200. The van der Waals surface area contributed by atoms with Gasteiger partial charge in [0.1, 0.15) is 5.75 Å². The van der Waals surface area contributed by atoms with Crippen molar-refractivity contribution in [2.75, 3.05) is 7.11 Å². The maximum atomic E-state index is 13.7. The molecule has 0 unspecified atom stereocenters. The van der Waals surface area contributed by atoms with E-state index in [1.165, 1.54) is 31.4 Å². The van der Waals surface area contributed by atoms with E-state index in [1.54, 1.807) is 6.07 Å². The molecule has 2 aromatic carbocycles. The van der Waals surface area contributed by atoms with Crippen LogP contribution in [0.15, 0.2) is 42.5 Å². The number of halogens is 4. The predicted molar refractivity (Wildman–Crippen MR) is 72.1 cm³/mol. The third-order valence-electron chi connectivity index (χ3n) is 3.01. The fourth-order valence-corrected chi connectivity index (χ4v) is 2.04. The number of hydrogen-bond acceptors (Lipinski definition) is 3. The number of methoxy groups -OCH3 is 1. The van der Waals surface area contributed by atoms with Gasteiger partial charge in [-0.25, -0.2) is 4.39 Å². The predicted octanol–water partition coefficient (Wildman–Crippen LogP) is 3.78. The molecule has 0 saturated carbocycles. The maximum Gasteiger partial charge on any atom is 0.573 e. The summed E-state index contributed by atoms with van der Waals surface area (Å²) in [6.07, 6.45) is -4.75. The molecule has 7 heteroatoms. The first-order valence-corrected chi connectivity index (χ1v) is 6.25. The second-order valence-electron chi connectivity index (χ2n) is 4.46. The quantitative estimate of drug-likeness (QED) is 0.873. The summed E-state index contributed by atoms with van der Waals surface area (Å²) in [5.41, 5.74) is 6.92. The lowest BCUT2D eigenvalue weighted by Gasteiger charge is -2.17. The first-order chi connectivity index (χ1) is 10.3. The molecule has 0 heterocycles. The third kappa shape index (κ3) is 3.67. The molecule has 0 bridgehead atoms. The minimum Gasteiger partial charge on any atom is -0.493 e. The Morgan fingerprint density at radius 2 is 1.68 bits per heavy atom. The average Bonchev–Trinajstić information content (AvgIpc) is 2.45. The monoisotopic (exact) mass is 315 g/mol. The van der Waals surface area contributed by atoms with E-state index in [0.717, 1.165) is 12.1 Å². The van der Waals surface area contributed by atoms with Crippen LogP contribution in [0.1, 0.15) is 17.2 Å². The largest absolute Gasteiger partial charge is 0.573 e. The van der Waals surface area contributed by atoms with E-state index in [0.29, 0.717) is 11.1 Å². The molecule has 0 aliphatic rings. The van der Waals surface area contributed by atoms with Crippen molar-refractivity contribution in [3.05, 3.63) is 59.4 Å². The number of hydrogen-bond donors (Lipinski definition) is 1. The molecule has 0 saturated heterocycles. The molecule has 118 valence electrons. The Bertz CT molecular complexity index is 641. The zero-order chi connectivity index (χ0) is 16.3. The molecule has 2 rings (SSSR count). The normalized spacial score (nSPS) is 12.8. The molecular weight excluding hydrogens is 302 g/mol. The Balaban J connectivity index is 2.27. The van der Waals surface area contributed by atoms with Crippen LogP contribution in [0.4, 0.5) is 17.6 Å². The van der Waals surface area contributed by atoms with Crippen LogP contribution in [-0.4, -0.2) is 13.5 Å². The molecule has 0 amide bonds. The lowest BCUT2D eigenvalue weighted by molar-refractivity contribution is -0.274. The second kappa shape index (κ2) is 6.23. The third-order valence-corrected chi connectivity index (χ3v) is 3.01. The minimum atomic E-state index is -4.75. The number of rotatable bonds is 4. The van der Waals surface area contributed by atoms with Gasteiger partial charge in [-0.05, 0) is 23.8 Å². The molecule has 0 aliphatic heterocycles. The van der Waals surface area contributed by atoms with Crippen LogP contribution < -0.4 is 15.2 Å². The van der Waals surface area contributed by atoms with E-state index in [4.69, 9.17) is 10.5 Å². The van der Waals surface area contributed by atoms with Gasteiger partial charge in [0.2, 0.25) is 0 Å². The van der Waals surface area contributed by atoms with Crippen molar-refractivity contribution in [3.8, 4) is 11.5 Å². The van der Waals surface area contributed by atoms with Crippen molar-refractivity contribution in [3.63, 3.8) is 0 Å². The number of para-hydroxylation sites is 1. The van der Waals surface area contributed by atoms with Gasteiger partial charge in [0.15, 0.2) is 11.6 Å². The van der Waals surface area contributed by atoms with E-state index in [2.05, 4.69) is 4.74 Å². The Labute approximate surface area is 124 Å². The van der Waals surface area contributed by atoms with Crippen LogP contribution in [-0.2, 0) is 0 Å². The zero-order valence-electron chi connectivity index (χ0n) is 11.5. The highest BCUT2D eigenvalue weighted by Gasteiger charge is 2.31. The molecule has 0 aliphatic carbocycles. The van der Waals surface area contributed by atoms with E-state index >= 15 is 0 Å². The first-order valence-electron chi connectivity index (χ1n) is 6.25. The summed E-state index contributed by atoms with van der Waals surface area (Å²) in [5.74, 6) is -0.909.